The SMILES string of the molecule is Cc1nn(-c2ccccc2)c2c1c(-c1ccccc1)cc(=O)n2CC(=O)NCc1cccnc1. The number of benzene rings is 2. The molecule has 0 bridgehead atoms. The minimum absolute atomic E-state index is 0.122. The van der Waals surface area contributed by atoms with Crippen LogP contribution in [0.1, 0.15) is 11.3 Å². The van der Waals surface area contributed by atoms with Gasteiger partial charge in [-0.3, -0.25) is 19.1 Å². The van der Waals surface area contributed by atoms with Gasteiger partial charge in [-0.25, -0.2) is 4.68 Å². The number of carbonyl (C=O) groups excluding carboxylic acids is 1. The third-order valence-electron chi connectivity index (χ3n) is 5.69. The van der Waals surface area contributed by atoms with Crippen LogP contribution in [-0.2, 0) is 17.9 Å². The van der Waals surface area contributed by atoms with Gasteiger partial charge in [0.15, 0.2) is 0 Å². The van der Waals surface area contributed by atoms with Crippen LogP contribution in [0.3, 0.4) is 0 Å². The number of rotatable bonds is 6. The third kappa shape index (κ3) is 4.11. The molecule has 0 radical (unpaired) electrons. The summed E-state index contributed by atoms with van der Waals surface area (Å²) in [5.41, 5.74) is 4.53. The van der Waals surface area contributed by atoms with Crippen molar-refractivity contribution >= 4 is 16.9 Å². The second kappa shape index (κ2) is 9.15. The number of para-hydroxylation sites is 1. The minimum atomic E-state index is -0.266. The molecule has 7 nitrogen and oxygen atoms in total. The van der Waals surface area contributed by atoms with Gasteiger partial charge >= 0.3 is 0 Å². The first-order valence-electron chi connectivity index (χ1n) is 11.0. The minimum Gasteiger partial charge on any atom is -0.350 e. The van der Waals surface area contributed by atoms with Crippen molar-refractivity contribution in [3.8, 4) is 16.8 Å². The van der Waals surface area contributed by atoms with Gasteiger partial charge in [0.25, 0.3) is 5.56 Å². The van der Waals surface area contributed by atoms with Gasteiger partial charge in [-0.1, -0.05) is 54.6 Å². The van der Waals surface area contributed by atoms with E-state index in [9.17, 15) is 9.59 Å². The standard InChI is InChI=1S/C27H23N5O2/c1-19-26-23(21-10-4-2-5-11-21)15-25(34)31(18-24(33)29-17-20-9-8-14-28-16-20)27(26)32(30-19)22-12-6-3-7-13-22/h2-16H,17-18H2,1H3,(H,29,33). The lowest BCUT2D eigenvalue weighted by Crippen LogP contribution is -2.32. The van der Waals surface area contributed by atoms with Crippen LogP contribution >= 0.6 is 0 Å². The molecule has 3 aromatic heterocycles. The molecule has 0 aliphatic rings. The maximum Gasteiger partial charge on any atom is 0.253 e. The highest BCUT2D eigenvalue weighted by Gasteiger charge is 2.20. The number of aromatic nitrogens is 4. The van der Waals surface area contributed by atoms with E-state index in [1.165, 1.54) is 4.57 Å². The number of carbonyl (C=O) groups is 1. The number of hydrogen-bond acceptors (Lipinski definition) is 4. The van der Waals surface area contributed by atoms with E-state index in [1.54, 1.807) is 23.1 Å². The molecule has 1 N–H and O–H groups in total. The summed E-state index contributed by atoms with van der Waals surface area (Å²) in [6, 6.07) is 24.7. The van der Waals surface area contributed by atoms with Crippen molar-refractivity contribution in [2.75, 3.05) is 0 Å². The summed E-state index contributed by atoms with van der Waals surface area (Å²) in [6.45, 7) is 2.14. The van der Waals surface area contributed by atoms with Gasteiger partial charge in [0, 0.05) is 30.4 Å². The molecule has 3 heterocycles. The fourth-order valence-electron chi connectivity index (χ4n) is 4.11. The maximum absolute atomic E-state index is 13.4. The van der Waals surface area contributed by atoms with Crippen LogP contribution in [0.2, 0.25) is 0 Å². The van der Waals surface area contributed by atoms with Crippen molar-refractivity contribution in [1.29, 1.82) is 0 Å². The summed E-state index contributed by atoms with van der Waals surface area (Å²) in [5.74, 6) is -0.266. The largest absolute Gasteiger partial charge is 0.350 e. The van der Waals surface area contributed by atoms with Crippen molar-refractivity contribution in [2.45, 2.75) is 20.0 Å². The monoisotopic (exact) mass is 449 g/mol. The van der Waals surface area contributed by atoms with Crippen molar-refractivity contribution in [1.82, 2.24) is 24.6 Å². The van der Waals surface area contributed by atoms with Crippen LogP contribution < -0.4 is 10.9 Å². The number of nitrogens with one attached hydrogen (secondary N) is 1. The Morgan fingerprint density at radius 1 is 0.971 bits per heavy atom. The Kier molecular flexibility index (Phi) is 5.74. The smallest absolute Gasteiger partial charge is 0.253 e. The van der Waals surface area contributed by atoms with E-state index in [2.05, 4.69) is 10.3 Å². The highest BCUT2D eigenvalue weighted by Crippen LogP contribution is 2.31. The average molecular weight is 450 g/mol. The second-order valence-electron chi connectivity index (χ2n) is 8.02. The Balaban J connectivity index is 1.63. The first-order valence-corrected chi connectivity index (χ1v) is 11.0. The number of amides is 1. The molecule has 5 rings (SSSR count). The molecule has 1 amide bonds. The van der Waals surface area contributed by atoms with Gasteiger partial charge in [0.1, 0.15) is 12.2 Å². The average Bonchev–Trinajstić information content (AvgIpc) is 3.23. The molecule has 0 spiro atoms. The predicted octanol–water partition coefficient (Wildman–Crippen LogP) is 3.87. The summed E-state index contributed by atoms with van der Waals surface area (Å²) in [5, 5.41) is 8.49. The van der Waals surface area contributed by atoms with Crippen LogP contribution in [0.4, 0.5) is 0 Å². The van der Waals surface area contributed by atoms with E-state index in [-0.39, 0.29) is 18.0 Å². The molecule has 0 fully saturated rings. The van der Waals surface area contributed by atoms with Crippen LogP contribution in [0.15, 0.2) is 96.1 Å². The van der Waals surface area contributed by atoms with Crippen molar-refractivity contribution in [3.63, 3.8) is 0 Å². The molecule has 0 saturated carbocycles. The first kappa shape index (κ1) is 21.3. The fraction of sp³-hybridized carbons (Fsp3) is 0.111. The topological polar surface area (TPSA) is 81.8 Å². The number of nitrogens with zero attached hydrogens (tertiary/aromatic N) is 4. The molecule has 168 valence electrons. The lowest BCUT2D eigenvalue weighted by atomic mass is 10.0. The molecule has 0 aliphatic carbocycles. The van der Waals surface area contributed by atoms with E-state index in [0.29, 0.717) is 12.2 Å². The number of pyridine rings is 2. The normalized spacial score (nSPS) is 11.0. The Morgan fingerprint density at radius 3 is 2.41 bits per heavy atom. The zero-order valence-electron chi connectivity index (χ0n) is 18.7. The van der Waals surface area contributed by atoms with Crippen LogP contribution in [0, 0.1) is 6.92 Å². The Labute approximate surface area is 196 Å². The zero-order valence-corrected chi connectivity index (χ0v) is 18.7. The molecule has 5 aromatic rings. The summed E-state index contributed by atoms with van der Waals surface area (Å²) in [4.78, 5) is 30.3. The lowest BCUT2D eigenvalue weighted by molar-refractivity contribution is -0.121. The van der Waals surface area contributed by atoms with E-state index >= 15 is 0 Å². The van der Waals surface area contributed by atoms with E-state index in [1.807, 2.05) is 79.7 Å². The second-order valence-corrected chi connectivity index (χ2v) is 8.02. The van der Waals surface area contributed by atoms with Crippen LogP contribution in [-0.4, -0.2) is 25.2 Å². The van der Waals surface area contributed by atoms with E-state index < -0.39 is 0 Å². The molecular formula is C27H23N5O2. The molecule has 0 atom stereocenters. The number of aryl methyl sites for hydroxylation is 1. The summed E-state index contributed by atoms with van der Waals surface area (Å²) in [7, 11) is 0. The number of fused-ring (bicyclic) bond motifs is 1. The van der Waals surface area contributed by atoms with Gasteiger partial charge in [0.05, 0.1) is 11.4 Å². The van der Waals surface area contributed by atoms with Gasteiger partial charge in [-0.05, 0) is 41.8 Å². The van der Waals surface area contributed by atoms with Gasteiger partial charge in [0.2, 0.25) is 5.91 Å². The quantitative estimate of drug-likeness (QED) is 0.427. The van der Waals surface area contributed by atoms with Crippen LogP contribution in [0.5, 0.6) is 0 Å². The molecule has 7 heteroatoms. The lowest BCUT2D eigenvalue weighted by Gasteiger charge is -2.14. The molecule has 0 unspecified atom stereocenters. The van der Waals surface area contributed by atoms with Crippen molar-refractivity contribution < 1.29 is 4.79 Å². The van der Waals surface area contributed by atoms with E-state index in [0.717, 1.165) is 33.5 Å². The van der Waals surface area contributed by atoms with Crippen molar-refractivity contribution in [3.05, 3.63) is 113 Å². The molecule has 0 saturated heterocycles. The number of hydrogen-bond donors (Lipinski definition) is 1. The highest BCUT2D eigenvalue weighted by atomic mass is 16.2. The van der Waals surface area contributed by atoms with Gasteiger partial charge in [-0.15, -0.1) is 0 Å². The molecule has 34 heavy (non-hydrogen) atoms. The van der Waals surface area contributed by atoms with Crippen LogP contribution in [0.25, 0.3) is 27.8 Å². The zero-order chi connectivity index (χ0) is 23.5. The van der Waals surface area contributed by atoms with Gasteiger partial charge < -0.3 is 5.32 Å². The Hall–Kier alpha value is -4.52. The Bertz CT molecular complexity index is 1510. The molecule has 0 aliphatic heterocycles. The van der Waals surface area contributed by atoms with Crippen molar-refractivity contribution in [2.24, 2.45) is 0 Å². The molecular weight excluding hydrogens is 426 g/mol. The Morgan fingerprint density at radius 2 is 1.71 bits per heavy atom. The fourth-order valence-corrected chi connectivity index (χ4v) is 4.11. The maximum atomic E-state index is 13.4. The van der Waals surface area contributed by atoms with E-state index in [4.69, 9.17) is 5.10 Å². The predicted molar refractivity (Wildman–Crippen MR) is 132 cm³/mol. The summed E-state index contributed by atoms with van der Waals surface area (Å²) < 4.78 is 3.24. The summed E-state index contributed by atoms with van der Waals surface area (Å²) >= 11 is 0. The van der Waals surface area contributed by atoms with Gasteiger partial charge in [-0.2, -0.15) is 5.10 Å². The first-order chi connectivity index (χ1) is 16.6. The highest BCUT2D eigenvalue weighted by molar-refractivity contribution is 5.96. The third-order valence-corrected chi connectivity index (χ3v) is 5.69. The molecule has 2 aromatic carbocycles. The summed E-state index contributed by atoms with van der Waals surface area (Å²) in [6.07, 6.45) is 3.39.